The number of amides is 2. The molecule has 0 unspecified atom stereocenters. The molecule has 2 amide bonds. The summed E-state index contributed by atoms with van der Waals surface area (Å²) in [5, 5.41) is 8.35. The van der Waals surface area contributed by atoms with Crippen LogP contribution in [0.3, 0.4) is 0 Å². The van der Waals surface area contributed by atoms with Gasteiger partial charge in [-0.1, -0.05) is 36.4 Å². The van der Waals surface area contributed by atoms with Crippen LogP contribution >= 0.6 is 0 Å². The van der Waals surface area contributed by atoms with E-state index in [-0.39, 0.29) is 36.3 Å². The van der Waals surface area contributed by atoms with E-state index in [1.807, 2.05) is 41.3 Å². The quantitative estimate of drug-likeness (QED) is 0.290. The molecule has 0 saturated carbocycles. The molecule has 0 spiro atoms. The van der Waals surface area contributed by atoms with Gasteiger partial charge in [0.2, 0.25) is 5.91 Å². The fraction of sp³-hybridized carbons (Fsp3) is 0.412. The van der Waals surface area contributed by atoms with Gasteiger partial charge in [-0.3, -0.25) is 19.2 Å². The molecule has 236 valence electrons. The Morgan fingerprint density at radius 3 is 2.67 bits per heavy atom. The van der Waals surface area contributed by atoms with Gasteiger partial charge in [0, 0.05) is 67.9 Å². The summed E-state index contributed by atoms with van der Waals surface area (Å²) in [6.45, 7) is 8.65. The summed E-state index contributed by atoms with van der Waals surface area (Å²) in [4.78, 5) is 36.1. The van der Waals surface area contributed by atoms with Gasteiger partial charge in [0.15, 0.2) is 5.82 Å². The van der Waals surface area contributed by atoms with Crippen LogP contribution in [0.5, 0.6) is 5.75 Å². The van der Waals surface area contributed by atoms with E-state index in [0.717, 1.165) is 36.2 Å². The minimum Gasteiger partial charge on any atom is -0.496 e. The van der Waals surface area contributed by atoms with Crippen molar-refractivity contribution in [1.82, 2.24) is 34.7 Å². The van der Waals surface area contributed by atoms with Crippen LogP contribution in [-0.4, -0.2) is 98.9 Å². The highest BCUT2D eigenvalue weighted by molar-refractivity contribution is 6.05. The zero-order valence-electron chi connectivity index (χ0n) is 26.1. The van der Waals surface area contributed by atoms with E-state index in [0.29, 0.717) is 55.0 Å². The van der Waals surface area contributed by atoms with Crippen molar-refractivity contribution < 1.29 is 18.7 Å². The van der Waals surface area contributed by atoms with Crippen LogP contribution in [0, 0.1) is 5.82 Å². The number of methoxy groups -OCH3 is 1. The third-order valence-electron chi connectivity index (χ3n) is 8.92. The lowest BCUT2D eigenvalue weighted by Crippen LogP contribution is -2.53. The fourth-order valence-corrected chi connectivity index (χ4v) is 6.54. The number of rotatable bonds is 9. The SMILES string of the molecule is CCCN1CCN(C(=O)c2cc3c(-c4ccccc4OC)cc(C4=CCCN(C(=O)CCn5ccnn5)C4)c(F)c3[nH]2)C[C@@H]1C. The Labute approximate surface area is 262 Å². The molecule has 10 nitrogen and oxygen atoms in total. The Morgan fingerprint density at radius 2 is 1.91 bits per heavy atom. The lowest BCUT2D eigenvalue weighted by Gasteiger charge is -2.39. The molecule has 0 aliphatic carbocycles. The van der Waals surface area contributed by atoms with Gasteiger partial charge >= 0.3 is 0 Å². The molecule has 1 saturated heterocycles. The Balaban J connectivity index is 1.35. The third-order valence-corrected chi connectivity index (χ3v) is 8.92. The van der Waals surface area contributed by atoms with Crippen molar-refractivity contribution in [2.75, 3.05) is 46.4 Å². The van der Waals surface area contributed by atoms with Gasteiger partial charge in [-0.25, -0.2) is 4.39 Å². The van der Waals surface area contributed by atoms with E-state index in [4.69, 9.17) is 4.74 Å². The maximum absolute atomic E-state index is 16.6. The monoisotopic (exact) mass is 613 g/mol. The molecule has 4 aromatic rings. The Morgan fingerprint density at radius 1 is 1.07 bits per heavy atom. The highest BCUT2D eigenvalue weighted by Gasteiger charge is 2.30. The predicted molar refractivity (Wildman–Crippen MR) is 171 cm³/mol. The van der Waals surface area contributed by atoms with Gasteiger partial charge in [-0.2, -0.15) is 0 Å². The van der Waals surface area contributed by atoms with Crippen molar-refractivity contribution in [3.05, 3.63) is 71.9 Å². The molecule has 4 heterocycles. The molecule has 2 aliphatic heterocycles. The van der Waals surface area contributed by atoms with Gasteiger partial charge in [0.05, 0.1) is 25.4 Å². The summed E-state index contributed by atoms with van der Waals surface area (Å²) >= 11 is 0. The average Bonchev–Trinajstić information content (AvgIpc) is 3.76. The second-order valence-corrected chi connectivity index (χ2v) is 11.8. The number of aryl methyl sites for hydroxylation is 1. The molecule has 1 N–H and O–H groups in total. The molecule has 1 atom stereocenters. The smallest absolute Gasteiger partial charge is 0.270 e. The number of aromatic amines is 1. The summed E-state index contributed by atoms with van der Waals surface area (Å²) in [7, 11) is 1.61. The molecule has 11 heteroatoms. The first kappa shape index (κ1) is 30.5. The summed E-state index contributed by atoms with van der Waals surface area (Å²) in [5.41, 5.74) is 3.31. The third kappa shape index (κ3) is 6.22. The number of hydrogen-bond acceptors (Lipinski definition) is 6. The molecule has 0 bridgehead atoms. The zero-order chi connectivity index (χ0) is 31.5. The number of halogens is 1. The molecular formula is C34H40FN7O3. The Bertz CT molecular complexity index is 1710. The molecule has 6 rings (SSSR count). The maximum Gasteiger partial charge on any atom is 0.270 e. The lowest BCUT2D eigenvalue weighted by atomic mass is 9.93. The first-order chi connectivity index (χ1) is 21.9. The molecule has 2 aliphatic rings. The number of nitrogens with one attached hydrogen (secondary N) is 1. The molecule has 1 fully saturated rings. The van der Waals surface area contributed by atoms with E-state index >= 15 is 4.39 Å². The van der Waals surface area contributed by atoms with Crippen molar-refractivity contribution in [2.45, 2.75) is 45.7 Å². The summed E-state index contributed by atoms with van der Waals surface area (Å²) in [6.07, 6.45) is 7.27. The van der Waals surface area contributed by atoms with Gasteiger partial charge < -0.3 is 19.5 Å². The number of carbonyl (C=O) groups excluding carboxylic acids is 2. The van der Waals surface area contributed by atoms with Crippen LogP contribution in [0.4, 0.5) is 4.39 Å². The van der Waals surface area contributed by atoms with Gasteiger partial charge in [0.1, 0.15) is 11.4 Å². The number of aromatic nitrogens is 4. The molecule has 0 radical (unpaired) electrons. The number of nitrogens with zero attached hydrogens (tertiary/aromatic N) is 6. The van der Waals surface area contributed by atoms with Crippen LogP contribution in [-0.2, 0) is 11.3 Å². The van der Waals surface area contributed by atoms with E-state index < -0.39 is 5.82 Å². The molecule has 2 aromatic carbocycles. The van der Waals surface area contributed by atoms with Crippen molar-refractivity contribution in [3.63, 3.8) is 0 Å². The minimum absolute atomic E-state index is 0.0245. The minimum atomic E-state index is -0.438. The summed E-state index contributed by atoms with van der Waals surface area (Å²) < 4.78 is 23.9. The van der Waals surface area contributed by atoms with E-state index in [1.54, 1.807) is 35.2 Å². The molecule has 45 heavy (non-hydrogen) atoms. The van der Waals surface area contributed by atoms with Crippen LogP contribution in [0.2, 0.25) is 0 Å². The first-order valence-electron chi connectivity index (χ1n) is 15.7. The van der Waals surface area contributed by atoms with Gasteiger partial charge in [0.25, 0.3) is 5.91 Å². The molecular weight excluding hydrogens is 573 g/mol. The lowest BCUT2D eigenvalue weighted by molar-refractivity contribution is -0.131. The van der Waals surface area contributed by atoms with Crippen LogP contribution in [0.25, 0.3) is 27.6 Å². The number of benzene rings is 2. The van der Waals surface area contributed by atoms with E-state index in [1.165, 1.54) is 0 Å². The van der Waals surface area contributed by atoms with Crippen LogP contribution < -0.4 is 4.74 Å². The standard InChI is InChI=1S/C34H40FN7O3/c1-4-13-39-17-18-41(21-23(39)2)34(44)29-20-28-27(25-9-5-6-10-30(25)45-3)19-26(32(35)33(28)37-29)24-8-7-14-40(22-24)31(43)11-15-42-16-12-36-38-42/h5-6,8-10,12,16,19-20,23,37H,4,7,11,13-15,17-18,21-22H2,1-3H3/t23-/m0/s1. The maximum atomic E-state index is 16.6. The average molecular weight is 614 g/mol. The highest BCUT2D eigenvalue weighted by Crippen LogP contribution is 2.40. The molecule has 2 aromatic heterocycles. The normalized spacial score (nSPS) is 17.5. The van der Waals surface area contributed by atoms with Crippen LogP contribution in [0.1, 0.15) is 49.2 Å². The van der Waals surface area contributed by atoms with E-state index in [2.05, 4.69) is 34.0 Å². The second-order valence-electron chi connectivity index (χ2n) is 11.8. The van der Waals surface area contributed by atoms with Crippen LogP contribution in [0.15, 0.2) is 54.9 Å². The largest absolute Gasteiger partial charge is 0.496 e. The second kappa shape index (κ2) is 13.2. The number of para-hydroxylation sites is 1. The summed E-state index contributed by atoms with van der Waals surface area (Å²) in [5.74, 6) is 0.0477. The number of piperazine rings is 1. The van der Waals surface area contributed by atoms with Crippen molar-refractivity contribution in [2.24, 2.45) is 0 Å². The van der Waals surface area contributed by atoms with Gasteiger partial charge in [-0.05, 0) is 55.6 Å². The zero-order valence-corrected chi connectivity index (χ0v) is 26.1. The van der Waals surface area contributed by atoms with Crippen molar-refractivity contribution >= 4 is 28.3 Å². The number of hydrogen-bond donors (Lipinski definition) is 1. The van der Waals surface area contributed by atoms with Crippen molar-refractivity contribution in [1.29, 1.82) is 0 Å². The van der Waals surface area contributed by atoms with E-state index in [9.17, 15) is 9.59 Å². The number of H-pyrrole nitrogens is 1. The first-order valence-corrected chi connectivity index (χ1v) is 15.7. The highest BCUT2D eigenvalue weighted by atomic mass is 19.1. The Kier molecular flexibility index (Phi) is 8.97. The fourth-order valence-electron chi connectivity index (χ4n) is 6.54. The van der Waals surface area contributed by atoms with Gasteiger partial charge in [-0.15, -0.1) is 5.10 Å². The van der Waals surface area contributed by atoms with Crippen molar-refractivity contribution in [3.8, 4) is 16.9 Å². The number of fused-ring (bicyclic) bond motifs is 1. The Hall–Kier alpha value is -4.51. The topological polar surface area (TPSA) is 99.6 Å². The predicted octanol–water partition coefficient (Wildman–Crippen LogP) is 4.84. The number of ether oxygens (including phenoxy) is 1. The summed E-state index contributed by atoms with van der Waals surface area (Å²) in [6, 6.07) is 11.5. The number of carbonyl (C=O) groups is 2.